The summed E-state index contributed by atoms with van der Waals surface area (Å²) in [6.07, 6.45) is 0.968. The van der Waals surface area contributed by atoms with E-state index in [4.69, 9.17) is 10.5 Å². The van der Waals surface area contributed by atoms with E-state index in [1.54, 1.807) is 6.07 Å². The molecule has 0 aromatic heterocycles. The summed E-state index contributed by atoms with van der Waals surface area (Å²) >= 11 is 3.38. The molecule has 3 N–H and O–H groups in total. The van der Waals surface area contributed by atoms with Crippen LogP contribution < -0.4 is 10.5 Å². The zero-order valence-electron chi connectivity index (χ0n) is 9.83. The second kappa shape index (κ2) is 5.55. The van der Waals surface area contributed by atoms with Crippen molar-refractivity contribution in [1.29, 1.82) is 0 Å². The molecule has 1 aromatic carbocycles. The second-order valence-corrected chi connectivity index (χ2v) is 4.87. The molecule has 0 saturated heterocycles. The third kappa shape index (κ3) is 2.68. The van der Waals surface area contributed by atoms with Crippen LogP contribution in [0.5, 0.6) is 11.5 Å². The highest BCUT2D eigenvalue weighted by Gasteiger charge is 2.19. The standard InChI is InChI=1S/C12H18BrNO2/c1-4-7(2)11(14)9-5-8(13)6-10(16-3)12(9)15/h5-7,11,15H,4,14H2,1-3H3/t7?,11-/m0/s1. The van der Waals surface area contributed by atoms with E-state index in [-0.39, 0.29) is 11.8 Å². The van der Waals surface area contributed by atoms with Gasteiger partial charge >= 0.3 is 0 Å². The quantitative estimate of drug-likeness (QED) is 0.894. The monoisotopic (exact) mass is 287 g/mol. The number of halogens is 1. The van der Waals surface area contributed by atoms with E-state index < -0.39 is 0 Å². The lowest BCUT2D eigenvalue weighted by molar-refractivity contribution is 0.360. The third-order valence-electron chi connectivity index (χ3n) is 2.91. The van der Waals surface area contributed by atoms with Gasteiger partial charge in [0.1, 0.15) is 0 Å². The van der Waals surface area contributed by atoms with Gasteiger partial charge in [0.05, 0.1) is 7.11 Å². The lowest BCUT2D eigenvalue weighted by Crippen LogP contribution is -2.18. The molecule has 0 bridgehead atoms. The Morgan fingerprint density at radius 2 is 2.12 bits per heavy atom. The highest BCUT2D eigenvalue weighted by Crippen LogP contribution is 2.38. The van der Waals surface area contributed by atoms with E-state index in [1.165, 1.54) is 7.11 Å². The van der Waals surface area contributed by atoms with Gasteiger partial charge in [0, 0.05) is 16.1 Å². The van der Waals surface area contributed by atoms with Gasteiger partial charge in [-0.3, -0.25) is 0 Å². The average molecular weight is 288 g/mol. The molecule has 0 aliphatic rings. The zero-order chi connectivity index (χ0) is 12.3. The van der Waals surface area contributed by atoms with Gasteiger partial charge < -0.3 is 15.6 Å². The minimum absolute atomic E-state index is 0.138. The molecular weight excluding hydrogens is 270 g/mol. The molecule has 1 unspecified atom stereocenters. The Morgan fingerprint density at radius 3 is 2.62 bits per heavy atom. The van der Waals surface area contributed by atoms with Crippen LogP contribution in [0.4, 0.5) is 0 Å². The molecule has 0 saturated carbocycles. The molecule has 2 atom stereocenters. The first-order chi connectivity index (χ1) is 7.51. The van der Waals surface area contributed by atoms with Crippen molar-refractivity contribution >= 4 is 15.9 Å². The first-order valence-corrected chi connectivity index (χ1v) is 6.12. The van der Waals surface area contributed by atoms with Gasteiger partial charge in [-0.1, -0.05) is 36.2 Å². The molecule has 0 amide bonds. The van der Waals surface area contributed by atoms with Gasteiger partial charge in [0.2, 0.25) is 0 Å². The lowest BCUT2D eigenvalue weighted by atomic mass is 9.92. The van der Waals surface area contributed by atoms with Crippen molar-refractivity contribution in [2.45, 2.75) is 26.3 Å². The fourth-order valence-corrected chi connectivity index (χ4v) is 2.02. The van der Waals surface area contributed by atoms with Crippen molar-refractivity contribution in [3.8, 4) is 11.5 Å². The van der Waals surface area contributed by atoms with Crippen LogP contribution in [0, 0.1) is 5.92 Å². The van der Waals surface area contributed by atoms with Crippen molar-refractivity contribution in [1.82, 2.24) is 0 Å². The molecule has 0 fully saturated rings. The molecule has 1 aromatic rings. The van der Waals surface area contributed by atoms with Crippen LogP contribution in [0.2, 0.25) is 0 Å². The predicted octanol–water partition coefficient (Wildman–Crippen LogP) is 3.21. The number of phenolic OH excluding ortho intramolecular Hbond substituents is 1. The Bertz CT molecular complexity index is 368. The summed E-state index contributed by atoms with van der Waals surface area (Å²) in [6.45, 7) is 4.15. The first-order valence-electron chi connectivity index (χ1n) is 5.33. The zero-order valence-corrected chi connectivity index (χ0v) is 11.4. The molecule has 4 heteroatoms. The van der Waals surface area contributed by atoms with E-state index in [0.29, 0.717) is 11.7 Å². The number of nitrogens with two attached hydrogens (primary N) is 1. The maximum absolute atomic E-state index is 10.0. The number of ether oxygens (including phenoxy) is 1. The molecule has 0 radical (unpaired) electrons. The fourth-order valence-electron chi connectivity index (χ4n) is 1.56. The molecule has 0 aliphatic carbocycles. The van der Waals surface area contributed by atoms with Gasteiger partial charge in [-0.2, -0.15) is 0 Å². The summed E-state index contributed by atoms with van der Waals surface area (Å²) in [4.78, 5) is 0. The summed E-state index contributed by atoms with van der Waals surface area (Å²) in [5, 5.41) is 10.0. The highest BCUT2D eigenvalue weighted by atomic mass is 79.9. The van der Waals surface area contributed by atoms with Gasteiger partial charge in [-0.15, -0.1) is 0 Å². The molecule has 90 valence electrons. The van der Waals surface area contributed by atoms with Crippen molar-refractivity contribution in [3.05, 3.63) is 22.2 Å². The smallest absolute Gasteiger partial charge is 0.162 e. The number of aromatic hydroxyl groups is 1. The van der Waals surface area contributed by atoms with Crippen LogP contribution in [-0.4, -0.2) is 12.2 Å². The molecule has 0 heterocycles. The van der Waals surface area contributed by atoms with Gasteiger partial charge in [0.15, 0.2) is 11.5 Å². The molecule has 0 aliphatic heterocycles. The molecule has 0 spiro atoms. The van der Waals surface area contributed by atoms with E-state index in [0.717, 1.165) is 16.5 Å². The summed E-state index contributed by atoms with van der Waals surface area (Å²) in [7, 11) is 1.53. The van der Waals surface area contributed by atoms with E-state index >= 15 is 0 Å². The van der Waals surface area contributed by atoms with Crippen molar-refractivity contribution in [2.24, 2.45) is 11.7 Å². The van der Waals surface area contributed by atoms with E-state index in [2.05, 4.69) is 29.8 Å². The number of benzene rings is 1. The SMILES string of the molecule is CCC(C)[C@H](N)c1cc(Br)cc(OC)c1O. The second-order valence-electron chi connectivity index (χ2n) is 3.96. The molecule has 16 heavy (non-hydrogen) atoms. The number of hydrogen-bond donors (Lipinski definition) is 2. The molecule has 3 nitrogen and oxygen atoms in total. The Balaban J connectivity index is 3.17. The Kier molecular flexibility index (Phi) is 4.62. The predicted molar refractivity (Wildman–Crippen MR) is 68.7 cm³/mol. The maximum Gasteiger partial charge on any atom is 0.162 e. The van der Waals surface area contributed by atoms with Crippen molar-refractivity contribution in [3.63, 3.8) is 0 Å². The third-order valence-corrected chi connectivity index (χ3v) is 3.36. The van der Waals surface area contributed by atoms with Crippen LogP contribution in [-0.2, 0) is 0 Å². The summed E-state index contributed by atoms with van der Waals surface area (Å²) in [6, 6.07) is 3.38. The number of methoxy groups -OCH3 is 1. The molecular formula is C12H18BrNO2. The molecule has 1 rings (SSSR count). The largest absolute Gasteiger partial charge is 0.504 e. The van der Waals surface area contributed by atoms with Crippen molar-refractivity contribution < 1.29 is 9.84 Å². The van der Waals surface area contributed by atoms with Crippen LogP contribution in [0.1, 0.15) is 31.9 Å². The normalized spacial score (nSPS) is 14.6. The van der Waals surface area contributed by atoms with Gasteiger partial charge in [-0.25, -0.2) is 0 Å². The highest BCUT2D eigenvalue weighted by molar-refractivity contribution is 9.10. The van der Waals surface area contributed by atoms with E-state index in [9.17, 15) is 5.11 Å². The van der Waals surface area contributed by atoms with Gasteiger partial charge in [-0.05, 0) is 18.1 Å². The summed E-state index contributed by atoms with van der Waals surface area (Å²) < 4.78 is 5.95. The average Bonchev–Trinajstić information content (AvgIpc) is 2.29. The minimum Gasteiger partial charge on any atom is -0.504 e. The number of phenols is 1. The van der Waals surface area contributed by atoms with Crippen molar-refractivity contribution in [2.75, 3.05) is 7.11 Å². The van der Waals surface area contributed by atoms with Gasteiger partial charge in [0.25, 0.3) is 0 Å². The lowest BCUT2D eigenvalue weighted by Gasteiger charge is -2.21. The maximum atomic E-state index is 10.0. The first kappa shape index (κ1) is 13.3. The van der Waals surface area contributed by atoms with E-state index in [1.807, 2.05) is 6.07 Å². The van der Waals surface area contributed by atoms with Crippen LogP contribution in [0.25, 0.3) is 0 Å². The number of rotatable bonds is 4. The summed E-state index contributed by atoms with van der Waals surface area (Å²) in [5.41, 5.74) is 6.83. The minimum atomic E-state index is -0.184. The Morgan fingerprint density at radius 1 is 1.50 bits per heavy atom. The van der Waals surface area contributed by atoms with Crippen LogP contribution in [0.3, 0.4) is 0 Å². The number of hydrogen-bond acceptors (Lipinski definition) is 3. The fraction of sp³-hybridized carbons (Fsp3) is 0.500. The summed E-state index contributed by atoms with van der Waals surface area (Å²) in [5.74, 6) is 0.895. The Hall–Kier alpha value is -0.740. The Labute approximate surface area is 105 Å². The topological polar surface area (TPSA) is 55.5 Å². The van der Waals surface area contributed by atoms with Crippen LogP contribution >= 0.6 is 15.9 Å². The van der Waals surface area contributed by atoms with Crippen LogP contribution in [0.15, 0.2) is 16.6 Å².